The highest BCUT2D eigenvalue weighted by molar-refractivity contribution is 5.59. The molecule has 1 rings (SSSR count). The van der Waals surface area contributed by atoms with E-state index in [0.29, 0.717) is 0 Å². The van der Waals surface area contributed by atoms with Crippen LogP contribution < -0.4 is 0 Å². The van der Waals surface area contributed by atoms with Crippen molar-refractivity contribution in [2.75, 3.05) is 0 Å². The summed E-state index contributed by atoms with van der Waals surface area (Å²) in [5.74, 6) is 2.63. The van der Waals surface area contributed by atoms with Crippen LogP contribution >= 0.6 is 0 Å². The Balaban J connectivity index is 2.39. The fourth-order valence-corrected chi connectivity index (χ4v) is 2.23. The summed E-state index contributed by atoms with van der Waals surface area (Å²) in [6.07, 6.45) is 15.1. The second-order valence-electron chi connectivity index (χ2n) is 4.10. The van der Waals surface area contributed by atoms with Crippen molar-refractivity contribution >= 4 is 6.29 Å². The lowest BCUT2D eigenvalue weighted by atomic mass is 9.72. The van der Waals surface area contributed by atoms with E-state index in [-0.39, 0.29) is 5.41 Å². The van der Waals surface area contributed by atoms with E-state index >= 15 is 0 Å². The van der Waals surface area contributed by atoms with Gasteiger partial charge in [-0.05, 0) is 25.7 Å². The molecular formula is C12H18O. The van der Waals surface area contributed by atoms with Gasteiger partial charge in [0.2, 0.25) is 0 Å². The van der Waals surface area contributed by atoms with Gasteiger partial charge in [0.1, 0.15) is 6.29 Å². The Kier molecular flexibility index (Phi) is 4.02. The lowest BCUT2D eigenvalue weighted by Crippen LogP contribution is -2.25. The Labute approximate surface area is 80.9 Å². The molecule has 0 heterocycles. The number of hydrogen-bond acceptors (Lipinski definition) is 1. The number of unbranched alkanes of at least 4 members (excludes halogenated alkanes) is 1. The molecule has 0 spiro atoms. The molecule has 1 heteroatoms. The lowest BCUT2D eigenvalue weighted by molar-refractivity contribution is -0.118. The first-order valence-corrected chi connectivity index (χ1v) is 5.23. The van der Waals surface area contributed by atoms with Gasteiger partial charge in [-0.15, -0.1) is 12.3 Å². The third-order valence-electron chi connectivity index (χ3n) is 3.10. The largest absolute Gasteiger partial charge is 0.303 e. The van der Waals surface area contributed by atoms with E-state index in [4.69, 9.17) is 6.42 Å². The molecule has 0 N–H and O–H groups in total. The highest BCUT2D eigenvalue weighted by atomic mass is 16.1. The Morgan fingerprint density at radius 2 is 2.00 bits per heavy atom. The summed E-state index contributed by atoms with van der Waals surface area (Å²) in [5.41, 5.74) is -0.00486. The maximum absolute atomic E-state index is 11.0. The maximum Gasteiger partial charge on any atom is 0.126 e. The third-order valence-corrected chi connectivity index (χ3v) is 3.10. The summed E-state index contributed by atoms with van der Waals surface area (Å²) in [6.45, 7) is 0. The predicted octanol–water partition coefficient (Wildman–Crippen LogP) is 2.94. The monoisotopic (exact) mass is 178 g/mol. The number of hydrogen-bond donors (Lipinski definition) is 0. The molecule has 1 saturated carbocycles. The van der Waals surface area contributed by atoms with Crippen molar-refractivity contribution in [1.29, 1.82) is 0 Å². The molecule has 0 atom stereocenters. The standard InChI is InChI=1S/C12H18O/c1-2-3-5-8-12(11-13)9-6-4-7-10-12/h1,11H,3-10H2. The summed E-state index contributed by atoms with van der Waals surface area (Å²) >= 11 is 0. The molecule has 1 nitrogen and oxygen atoms in total. The maximum atomic E-state index is 11.0. The van der Waals surface area contributed by atoms with Crippen molar-refractivity contribution in [2.24, 2.45) is 5.41 Å². The first kappa shape index (κ1) is 10.3. The van der Waals surface area contributed by atoms with Gasteiger partial charge in [0.25, 0.3) is 0 Å². The average molecular weight is 178 g/mol. The molecule has 0 amide bonds. The van der Waals surface area contributed by atoms with Gasteiger partial charge in [0.15, 0.2) is 0 Å². The summed E-state index contributed by atoms with van der Waals surface area (Å²) in [7, 11) is 0. The number of carbonyl (C=O) groups excluding carboxylic acids is 1. The minimum absolute atomic E-state index is 0.00486. The van der Waals surface area contributed by atoms with Gasteiger partial charge in [-0.3, -0.25) is 0 Å². The van der Waals surface area contributed by atoms with Crippen LogP contribution in [0.25, 0.3) is 0 Å². The van der Waals surface area contributed by atoms with E-state index in [2.05, 4.69) is 5.92 Å². The molecule has 0 radical (unpaired) electrons. The summed E-state index contributed by atoms with van der Waals surface area (Å²) < 4.78 is 0. The van der Waals surface area contributed by atoms with E-state index in [1.54, 1.807) is 0 Å². The minimum Gasteiger partial charge on any atom is -0.303 e. The highest BCUT2D eigenvalue weighted by Gasteiger charge is 2.30. The van der Waals surface area contributed by atoms with E-state index < -0.39 is 0 Å². The van der Waals surface area contributed by atoms with E-state index in [1.165, 1.54) is 25.5 Å². The predicted molar refractivity (Wildman–Crippen MR) is 54.3 cm³/mol. The molecule has 1 fully saturated rings. The van der Waals surface area contributed by atoms with Crippen LogP contribution in [0.15, 0.2) is 0 Å². The Morgan fingerprint density at radius 1 is 1.31 bits per heavy atom. The Morgan fingerprint density at radius 3 is 2.54 bits per heavy atom. The SMILES string of the molecule is C#CCCCC1(C=O)CCCCC1. The van der Waals surface area contributed by atoms with Gasteiger partial charge in [0, 0.05) is 11.8 Å². The molecule has 13 heavy (non-hydrogen) atoms. The van der Waals surface area contributed by atoms with Crippen LogP contribution in [-0.4, -0.2) is 6.29 Å². The molecule has 0 aromatic heterocycles. The molecule has 0 aromatic carbocycles. The Hall–Kier alpha value is -0.770. The van der Waals surface area contributed by atoms with E-state index in [0.717, 1.165) is 32.1 Å². The molecule has 0 aliphatic heterocycles. The van der Waals surface area contributed by atoms with Crippen molar-refractivity contribution in [2.45, 2.75) is 51.4 Å². The van der Waals surface area contributed by atoms with Gasteiger partial charge >= 0.3 is 0 Å². The Bertz CT molecular complexity index is 194. The summed E-state index contributed by atoms with van der Waals surface area (Å²) in [5, 5.41) is 0. The van der Waals surface area contributed by atoms with Gasteiger partial charge in [-0.25, -0.2) is 0 Å². The first-order chi connectivity index (χ1) is 6.33. The van der Waals surface area contributed by atoms with Crippen LogP contribution in [0.1, 0.15) is 51.4 Å². The van der Waals surface area contributed by atoms with Crippen LogP contribution in [0.2, 0.25) is 0 Å². The number of carbonyl (C=O) groups is 1. The topological polar surface area (TPSA) is 17.1 Å². The quantitative estimate of drug-likeness (QED) is 0.367. The van der Waals surface area contributed by atoms with Gasteiger partial charge < -0.3 is 4.79 Å². The normalized spacial score (nSPS) is 20.5. The van der Waals surface area contributed by atoms with Crippen molar-refractivity contribution < 1.29 is 4.79 Å². The molecule has 0 bridgehead atoms. The van der Waals surface area contributed by atoms with E-state index in [1.807, 2.05) is 0 Å². The summed E-state index contributed by atoms with van der Waals surface area (Å²) in [4.78, 5) is 11.0. The average Bonchev–Trinajstić information content (AvgIpc) is 2.20. The molecule has 0 unspecified atom stereocenters. The van der Waals surface area contributed by atoms with Crippen molar-refractivity contribution in [1.82, 2.24) is 0 Å². The first-order valence-electron chi connectivity index (χ1n) is 5.23. The van der Waals surface area contributed by atoms with E-state index in [9.17, 15) is 4.79 Å². The number of rotatable bonds is 4. The minimum atomic E-state index is -0.00486. The van der Waals surface area contributed by atoms with Gasteiger partial charge in [-0.1, -0.05) is 19.3 Å². The zero-order valence-electron chi connectivity index (χ0n) is 8.22. The van der Waals surface area contributed by atoms with Crippen molar-refractivity contribution in [3.8, 4) is 12.3 Å². The van der Waals surface area contributed by atoms with Crippen LogP contribution in [-0.2, 0) is 4.79 Å². The fourth-order valence-electron chi connectivity index (χ4n) is 2.23. The van der Waals surface area contributed by atoms with Crippen LogP contribution in [0.3, 0.4) is 0 Å². The second kappa shape index (κ2) is 5.07. The van der Waals surface area contributed by atoms with Crippen LogP contribution in [0.5, 0.6) is 0 Å². The molecule has 1 aliphatic rings. The number of aldehydes is 1. The van der Waals surface area contributed by atoms with Crippen molar-refractivity contribution in [3.05, 3.63) is 0 Å². The van der Waals surface area contributed by atoms with Gasteiger partial charge in [0.05, 0.1) is 0 Å². The number of terminal acetylenes is 1. The summed E-state index contributed by atoms with van der Waals surface area (Å²) in [6, 6.07) is 0. The molecule has 1 aliphatic carbocycles. The molecule has 0 saturated heterocycles. The fraction of sp³-hybridized carbons (Fsp3) is 0.750. The highest BCUT2D eigenvalue weighted by Crippen LogP contribution is 2.38. The van der Waals surface area contributed by atoms with Gasteiger partial charge in [-0.2, -0.15) is 0 Å². The zero-order valence-corrected chi connectivity index (χ0v) is 8.22. The zero-order chi connectivity index (χ0) is 9.57. The lowest BCUT2D eigenvalue weighted by Gasteiger charge is -2.31. The second-order valence-corrected chi connectivity index (χ2v) is 4.10. The van der Waals surface area contributed by atoms with Crippen molar-refractivity contribution in [3.63, 3.8) is 0 Å². The third kappa shape index (κ3) is 2.88. The molecule has 72 valence electrons. The van der Waals surface area contributed by atoms with Crippen LogP contribution in [0, 0.1) is 17.8 Å². The molecular weight excluding hydrogens is 160 g/mol. The smallest absolute Gasteiger partial charge is 0.126 e. The van der Waals surface area contributed by atoms with Crippen LogP contribution in [0.4, 0.5) is 0 Å². The molecule has 0 aromatic rings.